The minimum atomic E-state index is -0.786. The average Bonchev–Trinajstić information content (AvgIpc) is 3.40. The number of ether oxygens (including phenoxy) is 1. The van der Waals surface area contributed by atoms with Gasteiger partial charge in [-0.2, -0.15) is 0 Å². The smallest absolute Gasteiger partial charge is 0.409 e. The van der Waals surface area contributed by atoms with Gasteiger partial charge in [-0.25, -0.2) is 4.79 Å². The van der Waals surface area contributed by atoms with Gasteiger partial charge in [-0.1, -0.05) is 30.2 Å². The summed E-state index contributed by atoms with van der Waals surface area (Å²) in [5.41, 5.74) is 1.85. The monoisotopic (exact) mass is 548 g/mol. The SMILES string of the molecule is Cc1ccc(OC(=O)N2CCN(C(=O)CCCCCN(C)C)[C@H](C(=O)NCc3cccs3)C2)c(Cl)c1C. The van der Waals surface area contributed by atoms with Gasteiger partial charge in [0.2, 0.25) is 11.8 Å². The maximum atomic E-state index is 13.2. The first-order valence-corrected chi connectivity index (χ1v) is 13.9. The van der Waals surface area contributed by atoms with Gasteiger partial charge in [0.15, 0.2) is 5.75 Å². The first kappa shape index (κ1) is 28.9. The fraction of sp³-hybridized carbons (Fsp3) is 0.519. The largest absolute Gasteiger partial charge is 0.415 e. The number of nitrogens with one attached hydrogen (secondary N) is 1. The molecule has 0 spiro atoms. The molecule has 0 unspecified atom stereocenters. The van der Waals surface area contributed by atoms with E-state index in [1.807, 2.05) is 51.5 Å². The zero-order valence-electron chi connectivity index (χ0n) is 22.1. The molecular formula is C27H37ClN4O4S. The van der Waals surface area contributed by atoms with Crippen LogP contribution in [0.1, 0.15) is 41.7 Å². The Morgan fingerprint density at radius 3 is 2.62 bits per heavy atom. The van der Waals surface area contributed by atoms with Crippen molar-refractivity contribution < 1.29 is 19.1 Å². The number of aryl methyl sites for hydroxylation is 1. The molecule has 202 valence electrons. The molecule has 1 fully saturated rings. The van der Waals surface area contributed by atoms with E-state index in [4.69, 9.17) is 16.3 Å². The highest BCUT2D eigenvalue weighted by Crippen LogP contribution is 2.30. The lowest BCUT2D eigenvalue weighted by Gasteiger charge is -2.40. The predicted molar refractivity (Wildman–Crippen MR) is 147 cm³/mol. The van der Waals surface area contributed by atoms with Crippen molar-refractivity contribution in [2.75, 3.05) is 40.3 Å². The van der Waals surface area contributed by atoms with Gasteiger partial charge in [0.25, 0.3) is 0 Å². The van der Waals surface area contributed by atoms with Gasteiger partial charge in [-0.15, -0.1) is 11.3 Å². The molecule has 1 aromatic heterocycles. The second-order valence-corrected chi connectivity index (χ2v) is 11.1. The van der Waals surface area contributed by atoms with E-state index in [1.54, 1.807) is 22.3 Å². The second kappa shape index (κ2) is 13.8. The lowest BCUT2D eigenvalue weighted by atomic mass is 10.1. The molecular weight excluding hydrogens is 512 g/mol. The van der Waals surface area contributed by atoms with Gasteiger partial charge in [-0.05, 0) is 76.0 Å². The molecule has 2 heterocycles. The Morgan fingerprint density at radius 1 is 1.14 bits per heavy atom. The van der Waals surface area contributed by atoms with Crippen LogP contribution in [0.15, 0.2) is 29.6 Å². The molecule has 0 saturated carbocycles. The quantitative estimate of drug-likeness (QED) is 0.443. The molecule has 2 aromatic rings. The molecule has 3 rings (SSSR count). The van der Waals surface area contributed by atoms with Gasteiger partial charge < -0.3 is 24.8 Å². The van der Waals surface area contributed by atoms with E-state index in [-0.39, 0.29) is 37.2 Å². The Bertz CT molecular complexity index is 1080. The summed E-state index contributed by atoms with van der Waals surface area (Å²) in [7, 11) is 4.06. The number of halogens is 1. The number of benzene rings is 1. The average molecular weight is 549 g/mol. The van der Waals surface area contributed by atoms with Crippen molar-refractivity contribution in [2.45, 2.75) is 52.1 Å². The normalized spacial score (nSPS) is 15.7. The summed E-state index contributed by atoms with van der Waals surface area (Å²) in [6.07, 6.45) is 2.53. The fourth-order valence-electron chi connectivity index (χ4n) is 4.20. The molecule has 0 aliphatic carbocycles. The Kier molecular flexibility index (Phi) is 10.8. The number of piperazine rings is 1. The van der Waals surface area contributed by atoms with Gasteiger partial charge in [0, 0.05) is 24.4 Å². The van der Waals surface area contributed by atoms with Crippen molar-refractivity contribution in [3.63, 3.8) is 0 Å². The highest BCUT2D eigenvalue weighted by molar-refractivity contribution is 7.09. The predicted octanol–water partition coefficient (Wildman–Crippen LogP) is 4.47. The minimum absolute atomic E-state index is 0.0595. The fourth-order valence-corrected chi connectivity index (χ4v) is 5.09. The minimum Gasteiger partial charge on any atom is -0.409 e. The molecule has 1 aliphatic rings. The molecule has 3 amide bonds. The first-order valence-electron chi connectivity index (χ1n) is 12.6. The van der Waals surface area contributed by atoms with Crippen LogP contribution in [0.3, 0.4) is 0 Å². The molecule has 0 radical (unpaired) electrons. The third kappa shape index (κ3) is 8.18. The Labute approximate surface area is 228 Å². The van der Waals surface area contributed by atoms with Crippen molar-refractivity contribution in [3.05, 3.63) is 50.7 Å². The number of carbonyl (C=O) groups is 3. The zero-order valence-corrected chi connectivity index (χ0v) is 23.7. The molecule has 1 atom stereocenters. The van der Waals surface area contributed by atoms with Crippen LogP contribution in [-0.4, -0.2) is 78.9 Å². The van der Waals surface area contributed by atoms with E-state index in [9.17, 15) is 14.4 Å². The van der Waals surface area contributed by atoms with Crippen LogP contribution in [0, 0.1) is 13.8 Å². The van der Waals surface area contributed by atoms with Crippen molar-refractivity contribution in [2.24, 2.45) is 0 Å². The third-order valence-electron chi connectivity index (χ3n) is 6.59. The summed E-state index contributed by atoms with van der Waals surface area (Å²) in [5, 5.41) is 5.27. The molecule has 1 N–H and O–H groups in total. The zero-order chi connectivity index (χ0) is 26.9. The standard InChI is InChI=1S/C27H37ClN4O4S/c1-19-11-12-23(25(28)20(19)2)36-27(35)31-14-15-32(24(33)10-6-5-7-13-30(3)4)22(18-31)26(34)29-17-21-9-8-16-37-21/h8-9,11-12,16,22H,5-7,10,13-15,17-18H2,1-4H3,(H,29,34)/t22-/m0/s1. The van der Waals surface area contributed by atoms with Crippen molar-refractivity contribution in [1.82, 2.24) is 20.0 Å². The van der Waals surface area contributed by atoms with Crippen molar-refractivity contribution in [3.8, 4) is 5.75 Å². The van der Waals surface area contributed by atoms with Crippen LogP contribution in [0.5, 0.6) is 5.75 Å². The van der Waals surface area contributed by atoms with Gasteiger partial charge in [0.05, 0.1) is 18.1 Å². The topological polar surface area (TPSA) is 82.2 Å². The second-order valence-electron chi connectivity index (χ2n) is 9.65. The summed E-state index contributed by atoms with van der Waals surface area (Å²) >= 11 is 7.94. The Morgan fingerprint density at radius 2 is 1.92 bits per heavy atom. The summed E-state index contributed by atoms with van der Waals surface area (Å²) < 4.78 is 5.59. The molecule has 1 aliphatic heterocycles. The maximum Gasteiger partial charge on any atom is 0.415 e. The number of hydrogen-bond acceptors (Lipinski definition) is 6. The van der Waals surface area contributed by atoms with Crippen molar-refractivity contribution >= 4 is 40.8 Å². The highest BCUT2D eigenvalue weighted by Gasteiger charge is 2.37. The molecule has 0 bridgehead atoms. The number of unbranched alkanes of at least 4 members (excludes halogenated alkanes) is 2. The number of nitrogens with zero attached hydrogens (tertiary/aromatic N) is 3. The number of amides is 3. The molecule has 37 heavy (non-hydrogen) atoms. The van der Waals surface area contributed by atoms with E-state index in [0.717, 1.165) is 41.8 Å². The summed E-state index contributed by atoms with van der Waals surface area (Å²) in [6.45, 7) is 5.77. The summed E-state index contributed by atoms with van der Waals surface area (Å²) in [4.78, 5) is 45.6. The lowest BCUT2D eigenvalue weighted by Crippen LogP contribution is -2.61. The molecule has 10 heteroatoms. The van der Waals surface area contributed by atoms with Crippen LogP contribution in [0.25, 0.3) is 0 Å². The van der Waals surface area contributed by atoms with Crippen LogP contribution < -0.4 is 10.1 Å². The van der Waals surface area contributed by atoms with E-state index < -0.39 is 12.1 Å². The number of hydrogen-bond donors (Lipinski definition) is 1. The van der Waals surface area contributed by atoms with Crippen LogP contribution in [-0.2, 0) is 16.1 Å². The molecule has 1 aromatic carbocycles. The third-order valence-corrected chi connectivity index (χ3v) is 7.94. The number of thiophene rings is 1. The van der Waals surface area contributed by atoms with Crippen LogP contribution in [0.4, 0.5) is 4.79 Å². The van der Waals surface area contributed by atoms with E-state index in [0.29, 0.717) is 18.0 Å². The van der Waals surface area contributed by atoms with Gasteiger partial charge >= 0.3 is 6.09 Å². The number of carbonyl (C=O) groups excluding carboxylic acids is 3. The van der Waals surface area contributed by atoms with Crippen molar-refractivity contribution in [1.29, 1.82) is 0 Å². The van der Waals surface area contributed by atoms with E-state index in [2.05, 4.69) is 10.2 Å². The van der Waals surface area contributed by atoms with Crippen LogP contribution >= 0.6 is 22.9 Å². The van der Waals surface area contributed by atoms with Crippen LogP contribution in [0.2, 0.25) is 5.02 Å². The van der Waals surface area contributed by atoms with E-state index in [1.165, 1.54) is 4.90 Å². The first-order chi connectivity index (χ1) is 17.7. The summed E-state index contributed by atoms with van der Waals surface area (Å²) in [6, 6.07) is 6.60. The highest BCUT2D eigenvalue weighted by atomic mass is 35.5. The number of rotatable bonds is 10. The molecule has 8 nitrogen and oxygen atoms in total. The lowest BCUT2D eigenvalue weighted by molar-refractivity contribution is -0.143. The van der Waals surface area contributed by atoms with Gasteiger partial charge in [0.1, 0.15) is 6.04 Å². The molecule has 1 saturated heterocycles. The summed E-state index contributed by atoms with van der Waals surface area (Å²) in [5.74, 6) is -0.0629. The maximum absolute atomic E-state index is 13.2. The van der Waals surface area contributed by atoms with E-state index >= 15 is 0 Å². The Hall–Kier alpha value is -2.62. The van der Waals surface area contributed by atoms with Gasteiger partial charge in [-0.3, -0.25) is 9.59 Å². The Balaban J connectivity index is 1.66.